The summed E-state index contributed by atoms with van der Waals surface area (Å²) in [5.41, 5.74) is 3.51. The Morgan fingerprint density at radius 2 is 1.92 bits per heavy atom. The quantitative estimate of drug-likeness (QED) is 0.590. The van der Waals surface area contributed by atoms with Gasteiger partial charge in [-0.05, 0) is 37.1 Å². The van der Waals surface area contributed by atoms with Crippen LogP contribution in [0.4, 0.5) is 5.82 Å². The van der Waals surface area contributed by atoms with Crippen LogP contribution in [-0.2, 0) is 6.54 Å². The van der Waals surface area contributed by atoms with Crippen molar-refractivity contribution in [1.82, 2.24) is 14.8 Å². The number of hydrogen-bond donors (Lipinski definition) is 1. The summed E-state index contributed by atoms with van der Waals surface area (Å²) in [7, 11) is 0. The Kier molecular flexibility index (Phi) is 4.13. The Balaban J connectivity index is 1.85. The summed E-state index contributed by atoms with van der Waals surface area (Å²) < 4.78 is 1.88. The monoisotopic (exact) mass is 344 g/mol. The molecule has 0 aliphatic carbocycles. The molecule has 0 spiro atoms. The minimum atomic E-state index is -0.169. The molecule has 26 heavy (non-hydrogen) atoms. The highest BCUT2D eigenvalue weighted by atomic mass is 16.1. The van der Waals surface area contributed by atoms with Gasteiger partial charge < -0.3 is 5.32 Å². The summed E-state index contributed by atoms with van der Waals surface area (Å²) in [6.07, 6.45) is 0.941. The SMILES string of the molecule is CCCn1nc(NC(=O)c2ccccc2)c2cc3cccc(C)c3nc21. The molecule has 0 aliphatic heterocycles. The molecule has 1 N–H and O–H groups in total. The van der Waals surface area contributed by atoms with E-state index in [-0.39, 0.29) is 5.91 Å². The first-order valence-corrected chi connectivity index (χ1v) is 8.80. The molecular weight excluding hydrogens is 324 g/mol. The van der Waals surface area contributed by atoms with Crippen LogP contribution < -0.4 is 5.32 Å². The van der Waals surface area contributed by atoms with Gasteiger partial charge in [-0.2, -0.15) is 5.10 Å². The molecule has 4 rings (SSSR count). The number of pyridine rings is 1. The van der Waals surface area contributed by atoms with Gasteiger partial charge >= 0.3 is 0 Å². The number of nitrogens with zero attached hydrogens (tertiary/aromatic N) is 3. The number of hydrogen-bond acceptors (Lipinski definition) is 3. The molecule has 0 bridgehead atoms. The zero-order chi connectivity index (χ0) is 18.1. The molecule has 0 aliphatic rings. The fraction of sp³-hybridized carbons (Fsp3) is 0.190. The van der Waals surface area contributed by atoms with Crippen molar-refractivity contribution >= 4 is 33.7 Å². The van der Waals surface area contributed by atoms with E-state index in [1.807, 2.05) is 35.0 Å². The fourth-order valence-corrected chi connectivity index (χ4v) is 3.16. The van der Waals surface area contributed by atoms with Crippen LogP contribution in [0.2, 0.25) is 0 Å². The number of aryl methyl sites for hydroxylation is 2. The third-order valence-electron chi connectivity index (χ3n) is 4.45. The second-order valence-corrected chi connectivity index (χ2v) is 6.40. The smallest absolute Gasteiger partial charge is 0.256 e. The van der Waals surface area contributed by atoms with Crippen LogP contribution in [0.25, 0.3) is 21.9 Å². The largest absolute Gasteiger partial charge is 0.305 e. The van der Waals surface area contributed by atoms with Crippen molar-refractivity contribution in [2.24, 2.45) is 0 Å². The van der Waals surface area contributed by atoms with Gasteiger partial charge in [0.1, 0.15) is 0 Å². The maximum atomic E-state index is 12.6. The van der Waals surface area contributed by atoms with Crippen LogP contribution in [-0.4, -0.2) is 20.7 Å². The zero-order valence-electron chi connectivity index (χ0n) is 14.9. The molecule has 0 saturated carbocycles. The van der Waals surface area contributed by atoms with Gasteiger partial charge in [0.25, 0.3) is 5.91 Å². The van der Waals surface area contributed by atoms with Gasteiger partial charge in [0, 0.05) is 17.5 Å². The number of amides is 1. The summed E-state index contributed by atoms with van der Waals surface area (Å²) in [5, 5.41) is 9.47. The van der Waals surface area contributed by atoms with Crippen molar-refractivity contribution in [3.8, 4) is 0 Å². The second kappa shape index (κ2) is 6.59. The molecule has 0 atom stereocenters. The molecule has 5 nitrogen and oxygen atoms in total. The van der Waals surface area contributed by atoms with Crippen molar-refractivity contribution < 1.29 is 4.79 Å². The van der Waals surface area contributed by atoms with Gasteiger partial charge in [-0.25, -0.2) is 9.67 Å². The number of anilines is 1. The van der Waals surface area contributed by atoms with Crippen LogP contribution in [0.3, 0.4) is 0 Å². The lowest BCUT2D eigenvalue weighted by molar-refractivity contribution is 0.102. The number of nitrogens with one attached hydrogen (secondary N) is 1. The van der Waals surface area contributed by atoms with E-state index in [1.165, 1.54) is 0 Å². The molecule has 0 radical (unpaired) electrons. The molecule has 2 aromatic heterocycles. The van der Waals surface area contributed by atoms with Gasteiger partial charge in [-0.15, -0.1) is 0 Å². The molecule has 1 amide bonds. The Morgan fingerprint density at radius 1 is 1.12 bits per heavy atom. The van der Waals surface area contributed by atoms with Gasteiger partial charge in [-0.3, -0.25) is 4.79 Å². The summed E-state index contributed by atoms with van der Waals surface area (Å²) in [5.74, 6) is 0.385. The lowest BCUT2D eigenvalue weighted by atomic mass is 10.1. The number of rotatable bonds is 4. The second-order valence-electron chi connectivity index (χ2n) is 6.40. The normalized spacial score (nSPS) is 11.2. The van der Waals surface area contributed by atoms with Gasteiger partial charge in [-0.1, -0.05) is 43.3 Å². The maximum Gasteiger partial charge on any atom is 0.256 e. The molecule has 0 saturated heterocycles. The molecule has 2 aromatic carbocycles. The van der Waals surface area contributed by atoms with E-state index in [4.69, 9.17) is 4.98 Å². The number of benzene rings is 2. The number of para-hydroxylation sites is 1. The Bertz CT molecular complexity index is 1100. The number of carbonyl (C=O) groups excluding carboxylic acids is 1. The van der Waals surface area contributed by atoms with E-state index in [0.29, 0.717) is 11.4 Å². The highest BCUT2D eigenvalue weighted by molar-refractivity contribution is 6.09. The highest BCUT2D eigenvalue weighted by Gasteiger charge is 2.16. The van der Waals surface area contributed by atoms with E-state index in [1.54, 1.807) is 12.1 Å². The topological polar surface area (TPSA) is 59.8 Å². The molecule has 0 fully saturated rings. The lowest BCUT2D eigenvalue weighted by Crippen LogP contribution is -2.12. The minimum Gasteiger partial charge on any atom is -0.305 e. The standard InChI is InChI=1S/C21H20N4O/c1-3-12-25-20-17(13-16-11-7-8-14(2)18(16)22-20)19(24-25)23-21(26)15-9-5-4-6-10-15/h4-11,13H,3,12H2,1-2H3,(H,23,24,26). The Hall–Kier alpha value is -3.21. The minimum absolute atomic E-state index is 0.169. The van der Waals surface area contributed by atoms with Crippen molar-refractivity contribution in [2.75, 3.05) is 5.32 Å². The fourth-order valence-electron chi connectivity index (χ4n) is 3.16. The van der Waals surface area contributed by atoms with Crippen LogP contribution in [0.1, 0.15) is 29.3 Å². The third-order valence-corrected chi connectivity index (χ3v) is 4.45. The van der Waals surface area contributed by atoms with E-state index < -0.39 is 0 Å². The van der Waals surface area contributed by atoms with E-state index in [0.717, 1.165) is 40.5 Å². The first-order valence-electron chi connectivity index (χ1n) is 8.80. The molecule has 2 heterocycles. The van der Waals surface area contributed by atoms with Crippen molar-refractivity contribution in [3.05, 3.63) is 65.7 Å². The average Bonchev–Trinajstić information content (AvgIpc) is 2.98. The summed E-state index contributed by atoms with van der Waals surface area (Å²) in [6, 6.07) is 17.3. The summed E-state index contributed by atoms with van der Waals surface area (Å²) >= 11 is 0. The zero-order valence-corrected chi connectivity index (χ0v) is 14.9. The van der Waals surface area contributed by atoms with Gasteiger partial charge in [0.2, 0.25) is 0 Å². The summed E-state index contributed by atoms with van der Waals surface area (Å²) in [6.45, 7) is 4.91. The molecule has 4 aromatic rings. The number of fused-ring (bicyclic) bond motifs is 2. The van der Waals surface area contributed by atoms with Crippen LogP contribution >= 0.6 is 0 Å². The predicted octanol–water partition coefficient (Wildman–Crippen LogP) is 4.56. The van der Waals surface area contributed by atoms with Gasteiger partial charge in [0.05, 0.1) is 10.9 Å². The van der Waals surface area contributed by atoms with E-state index in [9.17, 15) is 4.79 Å². The maximum absolute atomic E-state index is 12.6. The highest BCUT2D eigenvalue weighted by Crippen LogP contribution is 2.27. The first-order chi connectivity index (χ1) is 12.7. The number of carbonyl (C=O) groups is 1. The van der Waals surface area contributed by atoms with Gasteiger partial charge in [0.15, 0.2) is 11.5 Å². The Labute approximate surface area is 151 Å². The summed E-state index contributed by atoms with van der Waals surface area (Å²) in [4.78, 5) is 17.4. The molecule has 0 unspecified atom stereocenters. The van der Waals surface area contributed by atoms with Crippen molar-refractivity contribution in [1.29, 1.82) is 0 Å². The van der Waals surface area contributed by atoms with E-state index in [2.05, 4.69) is 36.4 Å². The van der Waals surface area contributed by atoms with E-state index >= 15 is 0 Å². The van der Waals surface area contributed by atoms with Crippen molar-refractivity contribution in [2.45, 2.75) is 26.8 Å². The molecule has 130 valence electrons. The van der Waals surface area contributed by atoms with Crippen LogP contribution in [0.5, 0.6) is 0 Å². The third kappa shape index (κ3) is 2.81. The molecular formula is C21H20N4O. The molecule has 5 heteroatoms. The van der Waals surface area contributed by atoms with Crippen molar-refractivity contribution in [3.63, 3.8) is 0 Å². The average molecular weight is 344 g/mol. The van der Waals surface area contributed by atoms with Crippen LogP contribution in [0, 0.1) is 6.92 Å². The predicted molar refractivity (Wildman–Crippen MR) is 104 cm³/mol. The Morgan fingerprint density at radius 3 is 2.69 bits per heavy atom. The number of aromatic nitrogens is 3. The lowest BCUT2D eigenvalue weighted by Gasteiger charge is -2.04. The van der Waals surface area contributed by atoms with Crippen LogP contribution in [0.15, 0.2) is 54.6 Å². The first kappa shape index (κ1) is 16.3.